The number of aryl methyl sites for hydroxylation is 1. The smallest absolute Gasteiger partial charge is 0.207 e. The lowest BCUT2D eigenvalue weighted by molar-refractivity contribution is -0.110. The maximum atomic E-state index is 9.70. The SMILES string of the molecule is Cc1nnc2n1-c1sc3c(c1C(c1ccccc1Cl)=NC2(C)C)C[C@H](C)C3.O=CNC1CCC1. The quantitative estimate of drug-likeness (QED) is 0.495. The Labute approximate surface area is 209 Å². The summed E-state index contributed by atoms with van der Waals surface area (Å²) in [5, 5.41) is 13.5. The highest BCUT2D eigenvalue weighted by atomic mass is 35.5. The average molecular weight is 496 g/mol. The molecule has 2 aliphatic carbocycles. The highest BCUT2D eigenvalue weighted by molar-refractivity contribution is 7.15. The van der Waals surface area contributed by atoms with Crippen LogP contribution in [-0.4, -0.2) is 32.9 Å². The molecule has 1 amide bonds. The van der Waals surface area contributed by atoms with Crippen molar-refractivity contribution in [2.75, 3.05) is 0 Å². The number of aliphatic imine (C=N–C) groups is 1. The van der Waals surface area contributed by atoms with Gasteiger partial charge >= 0.3 is 0 Å². The number of hydrogen-bond acceptors (Lipinski definition) is 5. The number of nitrogens with one attached hydrogen (secondary N) is 1. The van der Waals surface area contributed by atoms with Crippen LogP contribution in [0.2, 0.25) is 5.02 Å². The number of fused-ring (bicyclic) bond motifs is 5. The number of halogens is 1. The summed E-state index contributed by atoms with van der Waals surface area (Å²) in [5.41, 5.74) is 4.13. The second-order valence-electron chi connectivity index (χ2n) is 10.0. The topological polar surface area (TPSA) is 72.2 Å². The highest BCUT2D eigenvalue weighted by Crippen LogP contribution is 2.45. The van der Waals surface area contributed by atoms with Crippen LogP contribution in [-0.2, 0) is 23.2 Å². The minimum Gasteiger partial charge on any atom is -0.356 e. The summed E-state index contributed by atoms with van der Waals surface area (Å²) in [5.74, 6) is 2.46. The summed E-state index contributed by atoms with van der Waals surface area (Å²) in [6, 6.07) is 8.52. The van der Waals surface area contributed by atoms with E-state index in [1.54, 1.807) is 0 Å². The molecule has 0 radical (unpaired) electrons. The van der Waals surface area contributed by atoms with Crippen LogP contribution in [0.3, 0.4) is 0 Å². The van der Waals surface area contributed by atoms with Crippen LogP contribution in [0.5, 0.6) is 0 Å². The minimum absolute atomic E-state index is 0.494. The molecule has 1 N–H and O–H groups in total. The van der Waals surface area contributed by atoms with Crippen LogP contribution in [0.15, 0.2) is 29.3 Å². The van der Waals surface area contributed by atoms with Crippen molar-refractivity contribution in [3.8, 4) is 5.00 Å². The third-order valence-corrected chi connectivity index (χ3v) is 8.47. The van der Waals surface area contributed by atoms with E-state index < -0.39 is 5.54 Å². The number of rotatable bonds is 3. The monoisotopic (exact) mass is 495 g/mol. The molecule has 178 valence electrons. The lowest BCUT2D eigenvalue weighted by Crippen LogP contribution is -2.33. The number of carbonyl (C=O) groups is 1. The summed E-state index contributed by atoms with van der Waals surface area (Å²) in [4.78, 5) is 16.4. The summed E-state index contributed by atoms with van der Waals surface area (Å²) >= 11 is 8.49. The Hall–Kier alpha value is -2.51. The minimum atomic E-state index is -0.494. The van der Waals surface area contributed by atoms with Crippen molar-refractivity contribution in [1.29, 1.82) is 0 Å². The third kappa shape index (κ3) is 3.99. The largest absolute Gasteiger partial charge is 0.356 e. The van der Waals surface area contributed by atoms with Crippen LogP contribution in [0.25, 0.3) is 5.00 Å². The van der Waals surface area contributed by atoms with Crippen molar-refractivity contribution in [3.63, 3.8) is 0 Å². The van der Waals surface area contributed by atoms with E-state index in [4.69, 9.17) is 16.6 Å². The summed E-state index contributed by atoms with van der Waals surface area (Å²) in [6.07, 6.45) is 6.64. The number of carbonyl (C=O) groups excluding carboxylic acids is 1. The Morgan fingerprint density at radius 1 is 1.21 bits per heavy atom. The zero-order valence-electron chi connectivity index (χ0n) is 20.1. The first kappa shape index (κ1) is 23.2. The van der Waals surface area contributed by atoms with Gasteiger partial charge in [0.25, 0.3) is 0 Å². The lowest BCUT2D eigenvalue weighted by atomic mass is 9.94. The van der Waals surface area contributed by atoms with Crippen LogP contribution in [0, 0.1) is 12.8 Å². The van der Waals surface area contributed by atoms with Gasteiger partial charge in [-0.25, -0.2) is 0 Å². The van der Waals surface area contributed by atoms with Gasteiger partial charge in [-0.2, -0.15) is 0 Å². The molecule has 0 saturated heterocycles. The molecule has 3 aromatic rings. The average Bonchev–Trinajstić information content (AvgIpc) is 3.40. The van der Waals surface area contributed by atoms with Crippen LogP contribution in [0.1, 0.15) is 73.2 Å². The zero-order valence-corrected chi connectivity index (χ0v) is 21.6. The Morgan fingerprint density at radius 3 is 2.62 bits per heavy atom. The van der Waals surface area contributed by atoms with Crippen LogP contribution < -0.4 is 5.32 Å². The first-order chi connectivity index (χ1) is 16.3. The fourth-order valence-corrected chi connectivity index (χ4v) is 6.69. The fraction of sp³-hybridized carbons (Fsp3) is 0.462. The first-order valence-corrected chi connectivity index (χ1v) is 13.1. The Kier molecular flexibility index (Phi) is 6.10. The van der Waals surface area contributed by atoms with Crippen LogP contribution in [0.4, 0.5) is 0 Å². The van der Waals surface area contributed by atoms with Gasteiger partial charge in [-0.1, -0.05) is 36.7 Å². The van der Waals surface area contributed by atoms with E-state index in [2.05, 4.69) is 46.9 Å². The number of hydrogen-bond donors (Lipinski definition) is 1. The van der Waals surface area contributed by atoms with Gasteiger partial charge in [-0.05, 0) is 70.4 Å². The summed E-state index contributed by atoms with van der Waals surface area (Å²) < 4.78 is 2.20. The molecular formula is C26H30ClN5OS. The molecule has 1 aliphatic heterocycles. The second kappa shape index (κ2) is 8.93. The Morgan fingerprint density at radius 2 is 1.97 bits per heavy atom. The third-order valence-electron chi connectivity index (χ3n) is 6.90. The van der Waals surface area contributed by atoms with Gasteiger partial charge in [0.1, 0.15) is 16.4 Å². The summed E-state index contributed by atoms with van der Waals surface area (Å²) in [6.45, 7) is 8.54. The predicted octanol–water partition coefficient (Wildman–Crippen LogP) is 5.40. The van der Waals surface area contributed by atoms with Gasteiger partial charge in [-0.15, -0.1) is 21.5 Å². The molecule has 8 heteroatoms. The fourth-order valence-electron chi connectivity index (χ4n) is 4.92. The maximum absolute atomic E-state index is 9.70. The van der Waals surface area contributed by atoms with E-state index in [1.807, 2.05) is 36.5 Å². The van der Waals surface area contributed by atoms with E-state index in [-0.39, 0.29) is 0 Å². The zero-order chi connectivity index (χ0) is 24.0. The van der Waals surface area contributed by atoms with Crippen LogP contribution >= 0.6 is 22.9 Å². The molecule has 1 saturated carbocycles. The normalized spacial score (nSPS) is 20.0. The van der Waals surface area contributed by atoms with Gasteiger partial charge in [0, 0.05) is 27.1 Å². The molecule has 2 aromatic heterocycles. The van der Waals surface area contributed by atoms with Gasteiger partial charge in [-0.3, -0.25) is 14.4 Å². The predicted molar refractivity (Wildman–Crippen MR) is 138 cm³/mol. The van der Waals surface area contributed by atoms with E-state index >= 15 is 0 Å². The molecule has 1 atom stereocenters. The number of aromatic nitrogens is 3. The van der Waals surface area contributed by atoms with Gasteiger partial charge < -0.3 is 5.32 Å². The van der Waals surface area contributed by atoms with Gasteiger partial charge in [0.15, 0.2) is 5.82 Å². The van der Waals surface area contributed by atoms with E-state index in [9.17, 15) is 4.79 Å². The second-order valence-corrected chi connectivity index (χ2v) is 11.5. The van der Waals surface area contributed by atoms with Crippen molar-refractivity contribution >= 4 is 35.1 Å². The molecule has 1 fully saturated rings. The number of benzene rings is 1. The molecule has 6 rings (SSSR count). The molecular weight excluding hydrogens is 466 g/mol. The molecule has 0 unspecified atom stereocenters. The number of nitrogens with zero attached hydrogens (tertiary/aromatic N) is 4. The molecule has 0 bridgehead atoms. The number of amides is 1. The molecule has 0 spiro atoms. The van der Waals surface area contributed by atoms with Gasteiger partial charge in [0.05, 0.1) is 5.71 Å². The van der Waals surface area contributed by atoms with E-state index in [1.165, 1.54) is 40.3 Å². The van der Waals surface area contributed by atoms with Crippen molar-refractivity contribution < 1.29 is 4.79 Å². The Bertz CT molecular complexity index is 1270. The maximum Gasteiger partial charge on any atom is 0.207 e. The Balaban J connectivity index is 0.000000297. The van der Waals surface area contributed by atoms with E-state index in [0.29, 0.717) is 12.0 Å². The molecule has 3 aliphatic rings. The molecule has 3 heterocycles. The molecule has 34 heavy (non-hydrogen) atoms. The van der Waals surface area contributed by atoms with Crippen molar-refractivity contribution in [2.45, 2.75) is 71.4 Å². The standard InChI is InChI=1S/C21H21ClN4S.C5H9NO/c1-11-9-14-16(10-11)27-19-17(14)18(13-7-5-6-8-15(13)22)23-21(3,4)20-25-24-12(2)26(19)20;7-4-6-5-2-1-3-5/h5-8,11H,9-10H2,1-4H3;4-5H,1-3H2,(H,6,7)/t11-;/m0./s1. The molecule has 6 nitrogen and oxygen atoms in total. The number of thiophene rings is 1. The first-order valence-electron chi connectivity index (χ1n) is 11.9. The summed E-state index contributed by atoms with van der Waals surface area (Å²) in [7, 11) is 0. The van der Waals surface area contributed by atoms with Crippen molar-refractivity contribution in [2.24, 2.45) is 10.9 Å². The van der Waals surface area contributed by atoms with Gasteiger partial charge in [0.2, 0.25) is 6.41 Å². The van der Waals surface area contributed by atoms with E-state index in [0.717, 1.165) is 47.2 Å². The van der Waals surface area contributed by atoms with Crippen molar-refractivity contribution in [1.82, 2.24) is 20.1 Å². The molecule has 1 aromatic carbocycles. The lowest BCUT2D eigenvalue weighted by Gasteiger charge is -2.23. The van der Waals surface area contributed by atoms with Crippen molar-refractivity contribution in [3.05, 3.63) is 62.5 Å². The highest BCUT2D eigenvalue weighted by Gasteiger charge is 2.38.